The van der Waals surface area contributed by atoms with Gasteiger partial charge in [0.15, 0.2) is 0 Å². The quantitative estimate of drug-likeness (QED) is 0.105. The topological polar surface area (TPSA) is 56.3 Å². The Morgan fingerprint density at radius 1 is 0.590 bits per heavy atom. The molecule has 4 aromatic rings. The van der Waals surface area contributed by atoms with Crippen LogP contribution in [0.1, 0.15) is 66.6 Å². The first-order chi connectivity index (χ1) is 29.0. The van der Waals surface area contributed by atoms with E-state index in [0.29, 0.717) is 62.3 Å². The summed E-state index contributed by atoms with van der Waals surface area (Å²) in [5.74, 6) is 0.257. The fraction of sp³-hybridized carbons (Fsp3) is 0.447. The molecular formula is C47H55F7N4O3. The number of amides is 2. The Bertz CT molecular complexity index is 2040. The summed E-state index contributed by atoms with van der Waals surface area (Å²) in [6, 6.07) is 23.1. The van der Waals surface area contributed by atoms with Crippen LogP contribution in [0.4, 0.5) is 30.7 Å². The Kier molecular flexibility index (Phi) is 16.4. The predicted molar refractivity (Wildman–Crippen MR) is 221 cm³/mol. The van der Waals surface area contributed by atoms with Gasteiger partial charge in [0.1, 0.15) is 18.2 Å². The Balaban J connectivity index is 0.000000231. The SMILES string of the molecule is CCN(CC)C(=O)C1CN(Cc2ccc(CCc3cccc(C(F)(F)F)c3)cc2)C1.CCN(CC)C(=O)C1CN(Cc2ccc(OCc3cccc(C(F)(F)F)c3)cc2F)C1. The molecule has 330 valence electrons. The summed E-state index contributed by atoms with van der Waals surface area (Å²) in [6.45, 7) is 14.7. The van der Waals surface area contributed by atoms with Crippen molar-refractivity contribution in [1.29, 1.82) is 0 Å². The van der Waals surface area contributed by atoms with Gasteiger partial charge in [-0.1, -0.05) is 60.7 Å². The van der Waals surface area contributed by atoms with Crippen molar-refractivity contribution >= 4 is 11.8 Å². The average Bonchev–Trinajstić information content (AvgIpc) is 3.20. The lowest BCUT2D eigenvalue weighted by molar-refractivity contribution is -0.141. The van der Waals surface area contributed by atoms with E-state index >= 15 is 0 Å². The van der Waals surface area contributed by atoms with Gasteiger partial charge in [0, 0.05) is 77.1 Å². The second-order valence-corrected chi connectivity index (χ2v) is 15.6. The number of carbonyl (C=O) groups excluding carboxylic acids is 2. The minimum atomic E-state index is -4.42. The molecule has 0 N–H and O–H groups in total. The number of aryl methyl sites for hydroxylation is 2. The average molecular weight is 857 g/mol. The predicted octanol–water partition coefficient (Wildman–Crippen LogP) is 9.51. The molecule has 2 aliphatic heterocycles. The largest absolute Gasteiger partial charge is 0.489 e. The fourth-order valence-electron chi connectivity index (χ4n) is 7.55. The summed E-state index contributed by atoms with van der Waals surface area (Å²) in [5, 5.41) is 0. The van der Waals surface area contributed by atoms with Crippen molar-refractivity contribution in [2.75, 3.05) is 52.4 Å². The third-order valence-corrected chi connectivity index (χ3v) is 11.2. The molecule has 2 heterocycles. The molecule has 2 amide bonds. The van der Waals surface area contributed by atoms with Crippen molar-refractivity contribution in [3.8, 4) is 5.75 Å². The van der Waals surface area contributed by atoms with Gasteiger partial charge in [-0.15, -0.1) is 0 Å². The van der Waals surface area contributed by atoms with Gasteiger partial charge in [-0.25, -0.2) is 4.39 Å². The number of carbonyl (C=O) groups is 2. The number of nitrogens with zero attached hydrogens (tertiary/aromatic N) is 4. The van der Waals surface area contributed by atoms with Crippen LogP contribution in [-0.4, -0.2) is 83.8 Å². The zero-order chi connectivity index (χ0) is 44.3. The highest BCUT2D eigenvalue weighted by molar-refractivity contribution is 5.80. The first-order valence-corrected chi connectivity index (χ1v) is 20.8. The molecule has 0 atom stereocenters. The van der Waals surface area contributed by atoms with Gasteiger partial charge in [0.25, 0.3) is 0 Å². The Morgan fingerprint density at radius 2 is 1.05 bits per heavy atom. The number of hydrogen-bond donors (Lipinski definition) is 0. The molecule has 7 nitrogen and oxygen atoms in total. The van der Waals surface area contributed by atoms with Crippen molar-refractivity contribution < 1.29 is 45.1 Å². The van der Waals surface area contributed by atoms with E-state index in [4.69, 9.17) is 4.74 Å². The highest BCUT2D eigenvalue weighted by atomic mass is 19.4. The monoisotopic (exact) mass is 856 g/mol. The van der Waals surface area contributed by atoms with E-state index in [1.807, 2.05) is 49.6 Å². The summed E-state index contributed by atoms with van der Waals surface area (Å²) in [5.41, 5.74) is 2.48. The van der Waals surface area contributed by atoms with Crippen molar-refractivity contribution in [3.05, 3.63) is 136 Å². The molecule has 14 heteroatoms. The van der Waals surface area contributed by atoms with Crippen LogP contribution in [0.15, 0.2) is 91.0 Å². The van der Waals surface area contributed by atoms with Gasteiger partial charge in [-0.05, 0) is 87.1 Å². The molecule has 61 heavy (non-hydrogen) atoms. The van der Waals surface area contributed by atoms with E-state index in [0.717, 1.165) is 56.5 Å². The number of rotatable bonds is 16. The summed E-state index contributed by atoms with van der Waals surface area (Å²) < 4.78 is 96.8. The zero-order valence-electron chi connectivity index (χ0n) is 35.2. The van der Waals surface area contributed by atoms with E-state index in [1.165, 1.54) is 35.9 Å². The highest BCUT2D eigenvalue weighted by Gasteiger charge is 2.36. The Morgan fingerprint density at radius 3 is 1.54 bits per heavy atom. The summed E-state index contributed by atoms with van der Waals surface area (Å²) in [4.78, 5) is 32.6. The lowest BCUT2D eigenvalue weighted by Gasteiger charge is -2.40. The van der Waals surface area contributed by atoms with Crippen molar-refractivity contribution in [2.45, 2.75) is 72.6 Å². The van der Waals surface area contributed by atoms with Crippen molar-refractivity contribution in [3.63, 3.8) is 0 Å². The van der Waals surface area contributed by atoms with Crippen LogP contribution in [0.2, 0.25) is 0 Å². The second-order valence-electron chi connectivity index (χ2n) is 15.6. The lowest BCUT2D eigenvalue weighted by atomic mass is 9.97. The lowest BCUT2D eigenvalue weighted by Crippen LogP contribution is -2.54. The Hall–Kier alpha value is -4.95. The number of ether oxygens (including phenoxy) is 1. The van der Waals surface area contributed by atoms with Crippen molar-refractivity contribution in [2.24, 2.45) is 11.8 Å². The molecule has 0 bridgehead atoms. The van der Waals surface area contributed by atoms with Gasteiger partial charge in [-0.2, -0.15) is 26.3 Å². The number of alkyl halides is 6. The van der Waals surface area contributed by atoms with Crippen LogP contribution in [0.3, 0.4) is 0 Å². The standard InChI is InChI=1S/C24H29F3N2O.C23H26F4N2O2/c1-3-29(4-2)23(30)21-16-28(17-21)15-20-12-9-18(10-13-20)8-11-19-6-5-7-22(14-19)24(25,26)27;1-3-29(4-2)22(30)18-13-28(14-18)12-17-8-9-20(11-21(17)24)31-15-16-6-5-7-19(10-16)23(25,26)27/h5-7,9-10,12-14,21H,3-4,8,11,15-17H2,1-2H3;5-11,18H,3-4,12-15H2,1-2H3. The summed E-state index contributed by atoms with van der Waals surface area (Å²) in [6.07, 6.45) is -7.45. The molecule has 0 aliphatic carbocycles. The number of hydrogen-bond acceptors (Lipinski definition) is 5. The van der Waals surface area contributed by atoms with Gasteiger partial charge in [0.05, 0.1) is 23.0 Å². The molecule has 0 unspecified atom stereocenters. The van der Waals surface area contributed by atoms with Crippen LogP contribution in [0.5, 0.6) is 5.75 Å². The molecular weight excluding hydrogens is 802 g/mol. The number of halogens is 7. The molecule has 0 spiro atoms. The van der Waals surface area contributed by atoms with E-state index in [2.05, 4.69) is 17.0 Å². The van der Waals surface area contributed by atoms with Crippen LogP contribution < -0.4 is 4.74 Å². The zero-order valence-corrected chi connectivity index (χ0v) is 35.2. The molecule has 4 aromatic carbocycles. The Labute approximate surface area is 354 Å². The maximum Gasteiger partial charge on any atom is 0.416 e. The fourth-order valence-corrected chi connectivity index (χ4v) is 7.55. The molecule has 2 fully saturated rings. The third-order valence-electron chi connectivity index (χ3n) is 11.2. The molecule has 0 saturated carbocycles. The molecule has 0 aromatic heterocycles. The molecule has 6 rings (SSSR count). The van der Waals surface area contributed by atoms with Crippen molar-refractivity contribution in [1.82, 2.24) is 19.6 Å². The van der Waals surface area contributed by atoms with Gasteiger partial charge >= 0.3 is 12.4 Å². The second kappa shape index (κ2) is 21.2. The van der Waals surface area contributed by atoms with Crippen LogP contribution >= 0.6 is 0 Å². The molecule has 2 saturated heterocycles. The normalized spacial score (nSPS) is 15.0. The molecule has 2 aliphatic rings. The summed E-state index contributed by atoms with van der Waals surface area (Å²) in [7, 11) is 0. The maximum absolute atomic E-state index is 14.5. The van der Waals surface area contributed by atoms with Gasteiger partial charge in [0.2, 0.25) is 11.8 Å². The van der Waals surface area contributed by atoms with Gasteiger partial charge in [-0.3, -0.25) is 19.4 Å². The van der Waals surface area contributed by atoms with Gasteiger partial charge < -0.3 is 14.5 Å². The minimum absolute atomic E-state index is 0.0435. The maximum atomic E-state index is 14.5. The molecule has 0 radical (unpaired) electrons. The summed E-state index contributed by atoms with van der Waals surface area (Å²) >= 11 is 0. The number of likely N-dealkylation sites (tertiary alicyclic amines) is 2. The number of benzene rings is 4. The van der Waals surface area contributed by atoms with E-state index in [-0.39, 0.29) is 36.0 Å². The van der Waals surface area contributed by atoms with E-state index < -0.39 is 29.3 Å². The van der Waals surface area contributed by atoms with Crippen LogP contribution in [0, 0.1) is 17.7 Å². The smallest absolute Gasteiger partial charge is 0.416 e. The van der Waals surface area contributed by atoms with Crippen LogP contribution in [0.25, 0.3) is 0 Å². The third kappa shape index (κ3) is 13.3. The first-order valence-electron chi connectivity index (χ1n) is 20.8. The van der Waals surface area contributed by atoms with E-state index in [1.54, 1.807) is 23.1 Å². The highest BCUT2D eigenvalue weighted by Crippen LogP contribution is 2.31. The van der Waals surface area contributed by atoms with Crippen LogP contribution in [-0.2, 0) is 54.5 Å². The minimum Gasteiger partial charge on any atom is -0.489 e. The first kappa shape index (κ1) is 47.1. The van der Waals surface area contributed by atoms with E-state index in [9.17, 15) is 40.3 Å².